The van der Waals surface area contributed by atoms with E-state index in [9.17, 15) is 0 Å². The lowest BCUT2D eigenvalue weighted by atomic mass is 10.3. The molecule has 2 heterocycles. The molecule has 3 aromatic rings. The smallest absolute Gasteiger partial charge is 0.184 e. The molecule has 0 bridgehead atoms. The van der Waals surface area contributed by atoms with Gasteiger partial charge in [-0.25, -0.2) is 4.98 Å². The van der Waals surface area contributed by atoms with Crippen molar-refractivity contribution in [2.24, 2.45) is 0 Å². The maximum Gasteiger partial charge on any atom is 0.184 e. The molecule has 0 fully saturated rings. The summed E-state index contributed by atoms with van der Waals surface area (Å²) in [6.45, 7) is 0.661. The van der Waals surface area contributed by atoms with Gasteiger partial charge < -0.3 is 9.73 Å². The van der Waals surface area contributed by atoms with Gasteiger partial charge in [0.25, 0.3) is 0 Å². The lowest BCUT2D eigenvalue weighted by Crippen LogP contribution is -1.96. The molecule has 1 aromatic carbocycles. The van der Waals surface area contributed by atoms with E-state index >= 15 is 0 Å². The lowest BCUT2D eigenvalue weighted by molar-refractivity contribution is 0.518. The Kier molecular flexibility index (Phi) is 2.86. The maximum atomic E-state index is 5.26. The van der Waals surface area contributed by atoms with E-state index in [2.05, 4.69) is 32.3 Å². The molecule has 2 aromatic heterocycles. The van der Waals surface area contributed by atoms with Crippen LogP contribution in [0, 0.1) is 0 Å². The number of thiazole rings is 1. The number of nitrogens with one attached hydrogen (secondary N) is 1. The highest BCUT2D eigenvalue weighted by Crippen LogP contribution is 2.28. The van der Waals surface area contributed by atoms with Crippen LogP contribution >= 0.6 is 27.3 Å². The number of fused-ring (bicyclic) bond motifs is 1. The van der Waals surface area contributed by atoms with Gasteiger partial charge >= 0.3 is 0 Å². The Balaban J connectivity index is 1.81. The van der Waals surface area contributed by atoms with Crippen LogP contribution in [-0.4, -0.2) is 4.98 Å². The van der Waals surface area contributed by atoms with E-state index in [0.717, 1.165) is 20.9 Å². The first-order valence-electron chi connectivity index (χ1n) is 5.13. The fourth-order valence-corrected chi connectivity index (χ4v) is 2.96. The molecule has 86 valence electrons. The third kappa shape index (κ3) is 2.35. The van der Waals surface area contributed by atoms with E-state index in [1.54, 1.807) is 17.6 Å². The quantitative estimate of drug-likeness (QED) is 0.785. The summed E-state index contributed by atoms with van der Waals surface area (Å²) in [4.78, 5) is 4.50. The van der Waals surface area contributed by atoms with Gasteiger partial charge in [0.1, 0.15) is 5.76 Å². The number of nitrogens with zero attached hydrogens (tertiary/aromatic N) is 1. The first-order chi connectivity index (χ1) is 8.31. The van der Waals surface area contributed by atoms with Crippen LogP contribution in [0.1, 0.15) is 5.76 Å². The SMILES string of the molecule is Brc1ccc2nc(NCc3ccco3)sc2c1. The van der Waals surface area contributed by atoms with Crippen LogP contribution < -0.4 is 5.32 Å². The van der Waals surface area contributed by atoms with Gasteiger partial charge in [-0.1, -0.05) is 27.3 Å². The monoisotopic (exact) mass is 308 g/mol. The number of furan rings is 1. The number of anilines is 1. The molecule has 0 atom stereocenters. The summed E-state index contributed by atoms with van der Waals surface area (Å²) in [5.41, 5.74) is 1.01. The molecule has 0 saturated heterocycles. The molecule has 0 spiro atoms. The highest BCUT2D eigenvalue weighted by Gasteiger charge is 2.04. The number of hydrogen-bond acceptors (Lipinski definition) is 4. The normalized spacial score (nSPS) is 10.9. The van der Waals surface area contributed by atoms with Gasteiger partial charge in [0.2, 0.25) is 0 Å². The Hall–Kier alpha value is -1.33. The predicted molar refractivity (Wildman–Crippen MR) is 73.4 cm³/mol. The molecule has 0 aliphatic heterocycles. The first kappa shape index (κ1) is 10.8. The van der Waals surface area contributed by atoms with Crippen molar-refractivity contribution in [2.45, 2.75) is 6.54 Å². The number of benzene rings is 1. The molecule has 3 rings (SSSR count). The third-order valence-corrected chi connectivity index (χ3v) is 3.81. The zero-order chi connectivity index (χ0) is 11.7. The average Bonchev–Trinajstić information content (AvgIpc) is 2.94. The highest BCUT2D eigenvalue weighted by atomic mass is 79.9. The van der Waals surface area contributed by atoms with Gasteiger partial charge in [0.15, 0.2) is 5.13 Å². The van der Waals surface area contributed by atoms with Crippen molar-refractivity contribution in [2.75, 3.05) is 5.32 Å². The van der Waals surface area contributed by atoms with Crippen LogP contribution in [0.4, 0.5) is 5.13 Å². The Labute approximate surface area is 111 Å². The van der Waals surface area contributed by atoms with Gasteiger partial charge in [0, 0.05) is 4.47 Å². The van der Waals surface area contributed by atoms with E-state index in [1.165, 1.54) is 4.70 Å². The fourth-order valence-electron chi connectivity index (χ4n) is 1.55. The van der Waals surface area contributed by atoms with Gasteiger partial charge in [-0.05, 0) is 30.3 Å². The summed E-state index contributed by atoms with van der Waals surface area (Å²) in [7, 11) is 0. The van der Waals surface area contributed by atoms with Crippen LogP contribution in [-0.2, 0) is 6.54 Å². The largest absolute Gasteiger partial charge is 0.467 e. The standard InChI is InChI=1S/C12H9BrN2OS/c13-8-3-4-10-11(6-8)17-12(15-10)14-7-9-2-1-5-16-9/h1-6H,7H2,(H,14,15). The molecule has 0 aliphatic rings. The summed E-state index contributed by atoms with van der Waals surface area (Å²) in [5.74, 6) is 0.908. The zero-order valence-corrected chi connectivity index (χ0v) is 11.2. The van der Waals surface area contributed by atoms with Gasteiger partial charge in [-0.15, -0.1) is 0 Å². The number of rotatable bonds is 3. The number of hydrogen-bond donors (Lipinski definition) is 1. The fraction of sp³-hybridized carbons (Fsp3) is 0.0833. The van der Waals surface area contributed by atoms with E-state index < -0.39 is 0 Å². The van der Waals surface area contributed by atoms with Gasteiger partial charge in [-0.2, -0.15) is 0 Å². The molecule has 5 heteroatoms. The third-order valence-electron chi connectivity index (χ3n) is 2.34. The minimum absolute atomic E-state index is 0.661. The van der Waals surface area contributed by atoms with Crippen molar-refractivity contribution in [3.63, 3.8) is 0 Å². The molecule has 0 radical (unpaired) electrons. The van der Waals surface area contributed by atoms with E-state index in [-0.39, 0.29) is 0 Å². The second-order valence-corrected chi connectivity index (χ2v) is 5.51. The Bertz CT molecular complexity index is 633. The molecule has 17 heavy (non-hydrogen) atoms. The van der Waals surface area contributed by atoms with E-state index in [4.69, 9.17) is 4.42 Å². The number of aromatic nitrogens is 1. The molecule has 3 nitrogen and oxygen atoms in total. The predicted octanol–water partition coefficient (Wildman–Crippen LogP) is 4.26. The first-order valence-corrected chi connectivity index (χ1v) is 6.74. The molecule has 1 N–H and O–H groups in total. The minimum Gasteiger partial charge on any atom is -0.467 e. The molecular weight excluding hydrogens is 300 g/mol. The molecule has 0 saturated carbocycles. The van der Waals surface area contributed by atoms with Crippen molar-refractivity contribution < 1.29 is 4.42 Å². The van der Waals surface area contributed by atoms with Crippen molar-refractivity contribution >= 4 is 42.6 Å². The van der Waals surface area contributed by atoms with Crippen LogP contribution in [0.3, 0.4) is 0 Å². The average molecular weight is 309 g/mol. The van der Waals surface area contributed by atoms with E-state index in [0.29, 0.717) is 6.54 Å². The Morgan fingerprint density at radius 3 is 3.12 bits per heavy atom. The molecule has 0 aliphatic carbocycles. The van der Waals surface area contributed by atoms with Crippen LogP contribution in [0.2, 0.25) is 0 Å². The van der Waals surface area contributed by atoms with Crippen LogP contribution in [0.25, 0.3) is 10.2 Å². The van der Waals surface area contributed by atoms with Crippen molar-refractivity contribution in [3.05, 3.63) is 46.8 Å². The van der Waals surface area contributed by atoms with E-state index in [1.807, 2.05) is 24.3 Å². The second kappa shape index (κ2) is 4.50. The van der Waals surface area contributed by atoms with Crippen LogP contribution in [0.5, 0.6) is 0 Å². The summed E-state index contributed by atoms with van der Waals surface area (Å²) in [6, 6.07) is 9.90. The van der Waals surface area contributed by atoms with Crippen molar-refractivity contribution in [1.82, 2.24) is 4.98 Å². The van der Waals surface area contributed by atoms with Gasteiger partial charge in [0.05, 0.1) is 23.0 Å². The summed E-state index contributed by atoms with van der Waals surface area (Å²) < 4.78 is 7.50. The molecule has 0 amide bonds. The summed E-state index contributed by atoms with van der Waals surface area (Å²) >= 11 is 5.10. The summed E-state index contributed by atoms with van der Waals surface area (Å²) in [5, 5.41) is 4.17. The van der Waals surface area contributed by atoms with Crippen molar-refractivity contribution in [1.29, 1.82) is 0 Å². The van der Waals surface area contributed by atoms with Crippen LogP contribution in [0.15, 0.2) is 45.5 Å². The number of halogens is 1. The van der Waals surface area contributed by atoms with Gasteiger partial charge in [-0.3, -0.25) is 0 Å². The topological polar surface area (TPSA) is 38.1 Å². The lowest BCUT2D eigenvalue weighted by Gasteiger charge is -1.97. The Morgan fingerprint density at radius 1 is 1.35 bits per heavy atom. The minimum atomic E-state index is 0.661. The molecule has 0 unspecified atom stereocenters. The molecular formula is C12H9BrN2OS. The second-order valence-electron chi connectivity index (χ2n) is 3.56. The van der Waals surface area contributed by atoms with Crippen molar-refractivity contribution in [3.8, 4) is 0 Å². The summed E-state index contributed by atoms with van der Waals surface area (Å²) in [6.07, 6.45) is 1.67. The zero-order valence-electron chi connectivity index (χ0n) is 8.81. The Morgan fingerprint density at radius 2 is 2.29 bits per heavy atom. The highest BCUT2D eigenvalue weighted by molar-refractivity contribution is 9.10. The maximum absolute atomic E-state index is 5.26.